The molecule has 80 heavy (non-hydrogen) atoms. The van der Waals surface area contributed by atoms with Crippen LogP contribution < -0.4 is 0 Å². The maximum Gasteiger partial charge on any atom is -0.000718 e. The summed E-state index contributed by atoms with van der Waals surface area (Å²) in [6.45, 7) is 0. The van der Waals surface area contributed by atoms with Crippen molar-refractivity contribution in [2.45, 2.75) is 0 Å². The number of benzene rings is 17. The summed E-state index contributed by atoms with van der Waals surface area (Å²) in [5.41, 5.74) is 10.3. The molecule has 0 saturated carbocycles. The first-order chi connectivity index (χ1) is 39.8. The highest BCUT2D eigenvalue weighted by atomic mass is 14.3. The van der Waals surface area contributed by atoms with E-state index < -0.39 is 0 Å². The molecular formula is C80H44. The first-order valence-corrected chi connectivity index (χ1v) is 28.1. The first kappa shape index (κ1) is 42.7. The van der Waals surface area contributed by atoms with Crippen LogP contribution in [0.3, 0.4) is 0 Å². The average Bonchev–Trinajstić information content (AvgIpc) is 3.85. The Labute approximate surface area is 458 Å². The molecule has 17 aromatic carbocycles. The molecule has 2 aliphatic carbocycles. The van der Waals surface area contributed by atoms with E-state index in [1.807, 2.05) is 0 Å². The second-order valence-corrected chi connectivity index (χ2v) is 22.3. The van der Waals surface area contributed by atoms with Crippen molar-refractivity contribution in [3.05, 3.63) is 309 Å². The molecule has 0 nitrogen and oxygen atoms in total. The van der Waals surface area contributed by atoms with Crippen LogP contribution in [0.25, 0.3) is 152 Å². The Bertz CT molecular complexity index is 5380. The van der Waals surface area contributed by atoms with Crippen LogP contribution in [-0.4, -0.2) is 0 Å². The second-order valence-electron chi connectivity index (χ2n) is 22.3. The molecule has 0 spiro atoms. The first-order valence-electron chi connectivity index (χ1n) is 28.1. The van der Waals surface area contributed by atoms with E-state index in [1.165, 1.54) is 194 Å². The van der Waals surface area contributed by atoms with Gasteiger partial charge in [0.25, 0.3) is 0 Å². The second kappa shape index (κ2) is 15.6. The average molecular weight is 1010 g/mol. The van der Waals surface area contributed by atoms with Crippen molar-refractivity contribution in [1.29, 1.82) is 0 Å². The van der Waals surface area contributed by atoms with Gasteiger partial charge in [-0.05, 0) is 194 Å². The van der Waals surface area contributed by atoms with Gasteiger partial charge in [0.05, 0.1) is 0 Å². The van der Waals surface area contributed by atoms with Crippen LogP contribution >= 0.6 is 0 Å². The lowest BCUT2D eigenvalue weighted by Crippen LogP contribution is -1.93. The van der Waals surface area contributed by atoms with Gasteiger partial charge in [-0.15, -0.1) is 0 Å². The zero-order chi connectivity index (χ0) is 51.9. The fourth-order valence-corrected chi connectivity index (χ4v) is 15.6. The molecule has 17 aromatic rings. The normalized spacial score (nSPS) is 12.5. The Hall–Kier alpha value is -10.4. The van der Waals surface area contributed by atoms with Gasteiger partial charge in [-0.25, -0.2) is 0 Å². The summed E-state index contributed by atoms with van der Waals surface area (Å²) in [6.07, 6.45) is 0. The van der Waals surface area contributed by atoms with Gasteiger partial charge in [-0.3, -0.25) is 0 Å². The van der Waals surface area contributed by atoms with Gasteiger partial charge in [-0.1, -0.05) is 267 Å². The molecule has 0 heterocycles. The summed E-state index contributed by atoms with van der Waals surface area (Å²) in [5, 5.41) is 36.3. The number of hydrogen-bond donors (Lipinski definition) is 0. The van der Waals surface area contributed by atoms with Crippen molar-refractivity contribution in [2.75, 3.05) is 0 Å². The number of rotatable bonds is 4. The molecule has 0 unspecified atom stereocenters. The van der Waals surface area contributed by atoms with Crippen molar-refractivity contribution in [2.24, 2.45) is 0 Å². The third-order valence-electron chi connectivity index (χ3n) is 18.6. The van der Waals surface area contributed by atoms with Crippen LogP contribution in [0, 0.1) is 41.7 Å². The highest BCUT2D eigenvalue weighted by molar-refractivity contribution is 6.34. The Morgan fingerprint density at radius 2 is 0.350 bits per heavy atom. The van der Waals surface area contributed by atoms with E-state index in [0.29, 0.717) is 0 Å². The molecule has 0 aromatic heterocycles. The molecule has 0 saturated heterocycles. The summed E-state index contributed by atoms with van der Waals surface area (Å²) in [7, 11) is 0. The fourth-order valence-electron chi connectivity index (χ4n) is 15.6. The van der Waals surface area contributed by atoms with Crippen molar-refractivity contribution >= 4 is 108 Å². The summed E-state index contributed by atoms with van der Waals surface area (Å²) in [5.74, 6) is 0. The van der Waals surface area contributed by atoms with Gasteiger partial charge in [0.1, 0.15) is 0 Å². The molecule has 0 heteroatoms. The molecule has 0 aliphatic heterocycles. The van der Waals surface area contributed by atoms with Crippen molar-refractivity contribution in [3.8, 4) is 44.5 Å². The van der Waals surface area contributed by atoms with Crippen LogP contribution in [0.15, 0.2) is 267 Å². The smallest absolute Gasteiger partial charge is 0.000718 e. The van der Waals surface area contributed by atoms with E-state index in [2.05, 4.69) is 267 Å². The van der Waals surface area contributed by atoms with Crippen LogP contribution in [0.5, 0.6) is 0 Å². The SMILES string of the molecule is c1ccc2c(-c3c4c(c(-c5cccc6ccccc56)c5ccccc35)=c3ccc5c6ccc7c8c(ccc(c9ccc=4c3c95)c86)=c3c(-c4cccc5ccccc45)c4ccccc4c(-c4cccc5ccccc45)c3=7)cccc2c1. The van der Waals surface area contributed by atoms with Gasteiger partial charge < -0.3 is 0 Å². The fraction of sp³-hybridized carbons (Fsp3) is 0. The molecule has 0 fully saturated rings. The molecular weight excluding hydrogens is 961 g/mol. The number of fused-ring (bicyclic) bond motifs is 10. The topological polar surface area (TPSA) is 0 Å². The van der Waals surface area contributed by atoms with Gasteiger partial charge >= 0.3 is 0 Å². The molecule has 0 amide bonds. The predicted octanol–water partition coefficient (Wildman–Crippen LogP) is 21.1. The van der Waals surface area contributed by atoms with E-state index >= 15 is 0 Å². The minimum absolute atomic E-state index is 1.25. The molecule has 364 valence electrons. The highest BCUT2D eigenvalue weighted by Gasteiger charge is 2.27. The third kappa shape index (κ3) is 5.40. The summed E-state index contributed by atoms with van der Waals surface area (Å²) in [4.78, 5) is 0. The van der Waals surface area contributed by atoms with Crippen molar-refractivity contribution in [1.82, 2.24) is 0 Å². The van der Waals surface area contributed by atoms with Crippen LogP contribution in [0.1, 0.15) is 0 Å². The maximum absolute atomic E-state index is 2.49. The highest BCUT2D eigenvalue weighted by Crippen LogP contribution is 2.51. The maximum atomic E-state index is 2.49. The van der Waals surface area contributed by atoms with Crippen LogP contribution in [0.2, 0.25) is 0 Å². The summed E-state index contributed by atoms with van der Waals surface area (Å²) in [6, 6.07) is 101. The van der Waals surface area contributed by atoms with Crippen molar-refractivity contribution in [3.63, 3.8) is 0 Å². The van der Waals surface area contributed by atoms with Crippen LogP contribution in [-0.2, 0) is 0 Å². The van der Waals surface area contributed by atoms with E-state index in [4.69, 9.17) is 0 Å². The van der Waals surface area contributed by atoms with E-state index in [0.717, 1.165) is 0 Å². The molecule has 2 aliphatic rings. The predicted molar refractivity (Wildman–Crippen MR) is 338 cm³/mol. The lowest BCUT2D eigenvalue weighted by atomic mass is 9.85. The van der Waals surface area contributed by atoms with Gasteiger partial charge in [0.15, 0.2) is 0 Å². The zero-order valence-electron chi connectivity index (χ0n) is 43.4. The van der Waals surface area contributed by atoms with Crippen LogP contribution in [0.4, 0.5) is 0 Å². The molecule has 0 atom stereocenters. The van der Waals surface area contributed by atoms with E-state index in [-0.39, 0.29) is 0 Å². The Morgan fingerprint density at radius 1 is 0.138 bits per heavy atom. The van der Waals surface area contributed by atoms with Crippen molar-refractivity contribution < 1.29 is 0 Å². The lowest BCUT2D eigenvalue weighted by molar-refractivity contribution is 1.51. The summed E-state index contributed by atoms with van der Waals surface area (Å²) < 4.78 is 0. The van der Waals surface area contributed by atoms with Gasteiger partial charge in [0, 0.05) is 0 Å². The Morgan fingerprint density at radius 3 is 0.600 bits per heavy atom. The number of hydrogen-bond acceptors (Lipinski definition) is 0. The van der Waals surface area contributed by atoms with E-state index in [1.54, 1.807) is 0 Å². The lowest BCUT2D eigenvalue weighted by Gasteiger charge is -2.17. The van der Waals surface area contributed by atoms with E-state index in [9.17, 15) is 0 Å². The monoisotopic (exact) mass is 1000 g/mol. The summed E-state index contributed by atoms with van der Waals surface area (Å²) >= 11 is 0. The molecule has 0 N–H and O–H groups in total. The largest absolute Gasteiger partial charge is 0.0616 e. The molecule has 19 rings (SSSR count). The quantitative estimate of drug-likeness (QED) is 0.122. The van der Waals surface area contributed by atoms with Gasteiger partial charge in [-0.2, -0.15) is 0 Å². The minimum Gasteiger partial charge on any atom is -0.0616 e. The third-order valence-corrected chi connectivity index (χ3v) is 18.6. The Balaban J connectivity index is 1.03. The molecule has 0 radical (unpaired) electrons. The minimum atomic E-state index is 1.25. The molecule has 0 bridgehead atoms. The Kier molecular flexibility index (Phi) is 8.34. The standard InChI is InChI=1S/C80H44/c1-5-25-49-45(17-1)21-13-33-53(49)71-57-29-9-10-30-58(57)72(54-34-14-22-46-18-2-6-26-50(46)54)78-66-42-38-62-64-40-44-68-76-67(43-39-63(70(64)76)61-37-41-65(77(71)78)75(66)69(61)62)79-73(55-35-15-23-47-19-3-7-27-51(47)55)59-31-11-12-32-60(59)74(80(68)79)56-36-16-24-48-20-4-8-28-52(48)56/h1-44H. The zero-order valence-corrected chi connectivity index (χ0v) is 43.4. The van der Waals surface area contributed by atoms with Gasteiger partial charge in [0.2, 0.25) is 0 Å².